The first-order chi connectivity index (χ1) is 31.6. The van der Waals surface area contributed by atoms with Crippen LogP contribution in [0.3, 0.4) is 0 Å². The smallest absolute Gasteiger partial charge is 0.306 e. The predicted molar refractivity (Wildman–Crippen MR) is 269 cm³/mol. The molecule has 0 bridgehead atoms. The van der Waals surface area contributed by atoms with Gasteiger partial charge in [-0.05, 0) is 103 Å². The zero-order valence-electron chi connectivity index (χ0n) is 40.8. The third-order valence-corrected chi connectivity index (χ3v) is 9.10. The summed E-state index contributed by atoms with van der Waals surface area (Å²) in [5, 5.41) is 11.7. The first-order valence-corrected chi connectivity index (χ1v) is 24.0. The van der Waals surface area contributed by atoms with Crippen LogP contribution in [0.4, 0.5) is 0 Å². The van der Waals surface area contributed by atoms with Gasteiger partial charge in [-0.3, -0.25) is 9.59 Å². The minimum atomic E-state index is -1.66. The molecule has 0 saturated heterocycles. The van der Waals surface area contributed by atoms with Gasteiger partial charge in [0.2, 0.25) is 0 Å². The molecule has 0 aromatic rings. The number of quaternary nitrogens is 1. The van der Waals surface area contributed by atoms with Crippen molar-refractivity contribution in [1.82, 2.24) is 0 Å². The lowest BCUT2D eigenvalue weighted by Gasteiger charge is -2.26. The van der Waals surface area contributed by atoms with Crippen molar-refractivity contribution in [2.24, 2.45) is 0 Å². The highest BCUT2D eigenvalue weighted by molar-refractivity contribution is 5.70. The third-order valence-electron chi connectivity index (χ3n) is 9.10. The minimum absolute atomic E-state index is 0.119. The molecule has 362 valence electrons. The molecule has 0 N–H and O–H groups in total. The van der Waals surface area contributed by atoms with Crippen LogP contribution < -0.4 is 5.11 Å². The molecule has 0 aromatic carbocycles. The van der Waals surface area contributed by atoms with Crippen LogP contribution in [-0.4, -0.2) is 82.3 Å². The second kappa shape index (κ2) is 45.7. The number of hydrogen-bond acceptors (Lipinski definition) is 8. The van der Waals surface area contributed by atoms with Crippen molar-refractivity contribution in [3.63, 3.8) is 0 Å². The van der Waals surface area contributed by atoms with E-state index in [9.17, 15) is 19.5 Å². The SMILES string of the molecule is CC/C=C\C/C=C\C/C=C\C/C=C\C/C=C\C/C=C\C/C=C\C/C=C\CCCCC(=O)OC(COC(=O)CC/C=C\C/C=C\C/C=C\C/C=C\CC)COC(OCC[N+](C)(C)C)C(=O)[O-]. The summed E-state index contributed by atoms with van der Waals surface area (Å²) >= 11 is 0. The largest absolute Gasteiger partial charge is 0.545 e. The van der Waals surface area contributed by atoms with E-state index in [0.717, 1.165) is 89.9 Å². The summed E-state index contributed by atoms with van der Waals surface area (Å²) in [6.45, 7) is 4.32. The lowest BCUT2D eigenvalue weighted by Crippen LogP contribution is -2.44. The second-order valence-electron chi connectivity index (χ2n) is 16.3. The molecule has 0 aromatic heterocycles. The number of allylic oxidation sites excluding steroid dienone is 24. The van der Waals surface area contributed by atoms with E-state index < -0.39 is 30.3 Å². The minimum Gasteiger partial charge on any atom is -0.545 e. The highest BCUT2D eigenvalue weighted by atomic mass is 16.7. The number of carbonyl (C=O) groups excluding carboxylic acids is 3. The maximum absolute atomic E-state index is 12.8. The van der Waals surface area contributed by atoms with Gasteiger partial charge in [0, 0.05) is 12.8 Å². The van der Waals surface area contributed by atoms with Crippen LogP contribution in [0.5, 0.6) is 0 Å². The Morgan fingerprint density at radius 3 is 1.23 bits per heavy atom. The Hall–Kier alpha value is -4.83. The Morgan fingerprint density at radius 1 is 0.462 bits per heavy atom. The Kier molecular flexibility index (Phi) is 42.3. The predicted octanol–water partition coefficient (Wildman–Crippen LogP) is 12.0. The number of unbranched alkanes of at least 4 members (excludes halogenated alkanes) is 2. The van der Waals surface area contributed by atoms with Gasteiger partial charge >= 0.3 is 11.9 Å². The highest BCUT2D eigenvalue weighted by Gasteiger charge is 2.21. The number of hydrogen-bond donors (Lipinski definition) is 0. The van der Waals surface area contributed by atoms with Crippen molar-refractivity contribution < 1.29 is 42.9 Å². The van der Waals surface area contributed by atoms with E-state index in [1.165, 1.54) is 0 Å². The number of aliphatic carboxylic acids is 1. The summed E-state index contributed by atoms with van der Waals surface area (Å²) in [6.07, 6.45) is 63.4. The molecule has 2 unspecified atom stereocenters. The topological polar surface area (TPSA) is 111 Å². The molecule has 9 heteroatoms. The maximum atomic E-state index is 12.8. The molecule has 2 atom stereocenters. The zero-order valence-corrected chi connectivity index (χ0v) is 40.8. The van der Waals surface area contributed by atoms with Gasteiger partial charge in [-0.1, -0.05) is 160 Å². The molecule has 0 rings (SSSR count). The van der Waals surface area contributed by atoms with Gasteiger partial charge in [0.15, 0.2) is 12.4 Å². The van der Waals surface area contributed by atoms with Gasteiger partial charge in [-0.2, -0.15) is 0 Å². The number of likely N-dealkylation sites (N-methyl/N-ethyl adjacent to an activating group) is 1. The molecule has 0 spiro atoms. The van der Waals surface area contributed by atoms with Gasteiger partial charge < -0.3 is 33.3 Å². The van der Waals surface area contributed by atoms with E-state index in [2.05, 4.69) is 148 Å². The molecule has 9 nitrogen and oxygen atoms in total. The van der Waals surface area contributed by atoms with Crippen molar-refractivity contribution in [2.45, 2.75) is 142 Å². The van der Waals surface area contributed by atoms with E-state index in [0.29, 0.717) is 23.9 Å². The molecular formula is C56H85NO8. The molecule has 0 aliphatic carbocycles. The fraction of sp³-hybridized carbons (Fsp3) is 0.518. The van der Waals surface area contributed by atoms with E-state index in [-0.39, 0.29) is 32.7 Å². The number of carbonyl (C=O) groups is 3. The fourth-order valence-electron chi connectivity index (χ4n) is 5.44. The Balaban J connectivity index is 4.54. The van der Waals surface area contributed by atoms with Crippen molar-refractivity contribution >= 4 is 17.9 Å². The molecule has 0 aliphatic heterocycles. The van der Waals surface area contributed by atoms with Crippen molar-refractivity contribution in [3.05, 3.63) is 146 Å². The molecule has 0 amide bonds. The summed E-state index contributed by atoms with van der Waals surface area (Å²) in [4.78, 5) is 37.0. The van der Waals surface area contributed by atoms with E-state index in [1.807, 2.05) is 33.3 Å². The third kappa shape index (κ3) is 47.0. The van der Waals surface area contributed by atoms with Gasteiger partial charge in [0.05, 0.1) is 40.3 Å². The van der Waals surface area contributed by atoms with E-state index >= 15 is 0 Å². The molecule has 0 heterocycles. The van der Waals surface area contributed by atoms with Crippen LogP contribution in [-0.2, 0) is 33.3 Å². The Morgan fingerprint density at radius 2 is 0.846 bits per heavy atom. The Labute approximate surface area is 394 Å². The average Bonchev–Trinajstić information content (AvgIpc) is 3.27. The molecule has 0 radical (unpaired) electrons. The lowest BCUT2D eigenvalue weighted by molar-refractivity contribution is -0.870. The highest BCUT2D eigenvalue weighted by Crippen LogP contribution is 2.09. The standard InChI is InChI=1S/C56H85NO8/c1-6-8-10-12-14-16-18-20-21-22-23-24-25-26-27-28-29-30-31-32-33-35-37-39-41-43-45-47-54(59)65-52(51-64-56(55(60)61)62-49-48-57(3,4)5)50-63-53(58)46-44-42-40-38-36-34-19-17-15-13-11-9-7-2/h8-11,14-17,20-21,23-24,26-27,29-30,32-34,36-37,39-40,42,52,56H,6-7,12-13,18-19,22,25,28,31,35,38,41,43-51H2,1-5H3/b10-8-,11-9-,16-14-,17-15-,21-20-,24-23-,27-26-,30-29-,33-32-,36-34-,39-37-,42-40-. The molecular weight excluding hydrogens is 815 g/mol. The van der Waals surface area contributed by atoms with Crippen molar-refractivity contribution in [3.8, 4) is 0 Å². The van der Waals surface area contributed by atoms with Crippen LogP contribution in [0, 0.1) is 0 Å². The van der Waals surface area contributed by atoms with Crippen molar-refractivity contribution in [1.29, 1.82) is 0 Å². The summed E-state index contributed by atoms with van der Waals surface area (Å²) in [5.74, 6) is -2.48. The number of carboxylic acids is 1. The number of nitrogens with zero attached hydrogens (tertiary/aromatic N) is 1. The van der Waals surface area contributed by atoms with Gasteiger partial charge in [0.25, 0.3) is 0 Å². The summed E-state index contributed by atoms with van der Waals surface area (Å²) in [6, 6.07) is 0. The quantitative estimate of drug-likeness (QED) is 0.0196. The first-order valence-electron chi connectivity index (χ1n) is 24.0. The van der Waals surface area contributed by atoms with Crippen LogP contribution in [0.25, 0.3) is 0 Å². The van der Waals surface area contributed by atoms with E-state index in [4.69, 9.17) is 18.9 Å². The number of carboxylic acid groups (broad SMARTS) is 1. The van der Waals surface area contributed by atoms with Crippen LogP contribution in [0.1, 0.15) is 129 Å². The fourth-order valence-corrected chi connectivity index (χ4v) is 5.44. The molecule has 0 aliphatic rings. The number of esters is 2. The first kappa shape index (κ1) is 60.2. The second-order valence-corrected chi connectivity index (χ2v) is 16.3. The normalized spacial score (nSPS) is 14.2. The summed E-state index contributed by atoms with van der Waals surface area (Å²) in [5.41, 5.74) is 0. The van der Waals surface area contributed by atoms with Crippen LogP contribution >= 0.6 is 0 Å². The molecule has 65 heavy (non-hydrogen) atoms. The van der Waals surface area contributed by atoms with Crippen LogP contribution in [0.15, 0.2) is 146 Å². The number of ether oxygens (including phenoxy) is 4. The van der Waals surface area contributed by atoms with E-state index in [1.54, 1.807) is 0 Å². The molecule has 0 fully saturated rings. The van der Waals surface area contributed by atoms with Gasteiger partial charge in [-0.15, -0.1) is 0 Å². The lowest BCUT2D eigenvalue weighted by atomic mass is 10.2. The zero-order chi connectivity index (χ0) is 47.7. The number of rotatable bonds is 41. The monoisotopic (exact) mass is 900 g/mol. The Bertz CT molecular complexity index is 1560. The summed E-state index contributed by atoms with van der Waals surface area (Å²) < 4.78 is 22.4. The molecule has 0 saturated carbocycles. The maximum Gasteiger partial charge on any atom is 0.306 e. The van der Waals surface area contributed by atoms with Gasteiger partial charge in [-0.25, -0.2) is 0 Å². The van der Waals surface area contributed by atoms with Gasteiger partial charge in [0.1, 0.15) is 13.2 Å². The van der Waals surface area contributed by atoms with Crippen LogP contribution in [0.2, 0.25) is 0 Å². The van der Waals surface area contributed by atoms with Crippen molar-refractivity contribution in [2.75, 3.05) is 47.5 Å². The summed E-state index contributed by atoms with van der Waals surface area (Å²) in [7, 11) is 5.86. The average molecular weight is 900 g/mol.